The quantitative estimate of drug-likeness (QED) is 0.853. The molecular weight excluding hydrogens is 336 g/mol. The zero-order chi connectivity index (χ0) is 17.4. The molecule has 0 saturated heterocycles. The molecule has 1 N–H and O–H groups in total. The summed E-state index contributed by atoms with van der Waals surface area (Å²) in [5.74, 6) is 1.89. The number of hydrazone groups is 1. The van der Waals surface area contributed by atoms with Gasteiger partial charge in [-0.15, -0.1) is 11.7 Å². The number of amides is 1. The van der Waals surface area contributed by atoms with Crippen molar-refractivity contribution in [1.29, 1.82) is 0 Å². The molecule has 2 aliphatic rings. The first-order chi connectivity index (χ1) is 12.2. The van der Waals surface area contributed by atoms with Gasteiger partial charge in [0.25, 0.3) is 5.91 Å². The standard InChI is InChI=1S/C18H16N4O2S/c1-3-10-25-18-20-17(23)15-12-6-4-5-7-13(12)19-16(22(15)21-18)14-9-8-11(2)24-14/h3-9,16H,1,10H2,2H3,(H,20,21,23)/t16-/m1/s1. The molecule has 0 spiro atoms. The summed E-state index contributed by atoms with van der Waals surface area (Å²) in [6, 6.07) is 11.3. The Kier molecular flexibility index (Phi) is 3.93. The van der Waals surface area contributed by atoms with Crippen LogP contribution in [0, 0.1) is 6.92 Å². The van der Waals surface area contributed by atoms with E-state index in [1.165, 1.54) is 11.8 Å². The lowest BCUT2D eigenvalue weighted by Gasteiger charge is -2.32. The zero-order valence-electron chi connectivity index (χ0n) is 13.6. The third-order valence-corrected chi connectivity index (χ3v) is 4.73. The summed E-state index contributed by atoms with van der Waals surface area (Å²) in [5, 5.41) is 11.1. The second kappa shape index (κ2) is 6.25. The van der Waals surface area contributed by atoms with Crippen molar-refractivity contribution < 1.29 is 9.21 Å². The van der Waals surface area contributed by atoms with Gasteiger partial charge in [0.1, 0.15) is 11.5 Å². The Hall–Kier alpha value is -2.80. The minimum absolute atomic E-state index is 0.197. The lowest BCUT2D eigenvalue weighted by atomic mass is 10.1. The molecule has 2 aliphatic heterocycles. The highest BCUT2D eigenvalue weighted by atomic mass is 32.2. The number of nitrogens with zero attached hydrogens (tertiary/aromatic N) is 3. The normalized spacial score (nSPS) is 18.7. The Bertz CT molecular complexity index is 1010. The molecular formula is C18H16N4O2S. The van der Waals surface area contributed by atoms with Crippen molar-refractivity contribution in [1.82, 2.24) is 10.3 Å². The fourth-order valence-electron chi connectivity index (χ4n) is 2.81. The molecule has 6 nitrogen and oxygen atoms in total. The Morgan fingerprint density at radius 3 is 2.96 bits per heavy atom. The number of rotatable bonds is 3. The van der Waals surface area contributed by atoms with Gasteiger partial charge in [-0.2, -0.15) is 0 Å². The molecule has 25 heavy (non-hydrogen) atoms. The Morgan fingerprint density at radius 2 is 2.20 bits per heavy atom. The fourth-order valence-corrected chi connectivity index (χ4v) is 3.39. The number of hydrogen-bond acceptors (Lipinski definition) is 6. The highest BCUT2D eigenvalue weighted by Crippen LogP contribution is 2.31. The number of hydrogen-bond donors (Lipinski definition) is 1. The average molecular weight is 352 g/mol. The van der Waals surface area contributed by atoms with Crippen LogP contribution in [0.1, 0.15) is 17.7 Å². The van der Waals surface area contributed by atoms with Crippen LogP contribution in [-0.4, -0.2) is 21.8 Å². The van der Waals surface area contributed by atoms with Crippen LogP contribution in [0.15, 0.2) is 63.6 Å². The van der Waals surface area contributed by atoms with Gasteiger partial charge in [-0.25, -0.2) is 10.0 Å². The SMILES string of the molecule is C=CCSC1=NN2C(=c3ccccc3=N[C@H]2c2ccc(C)o2)C(=O)N1. The minimum atomic E-state index is -0.510. The number of thioether (sulfide) groups is 1. The van der Waals surface area contributed by atoms with Crippen molar-refractivity contribution in [3.8, 4) is 0 Å². The first-order valence-corrected chi connectivity index (χ1v) is 8.82. The third-order valence-electron chi connectivity index (χ3n) is 3.87. The summed E-state index contributed by atoms with van der Waals surface area (Å²) in [6.07, 6.45) is 1.26. The van der Waals surface area contributed by atoms with Gasteiger partial charge in [0.15, 0.2) is 10.9 Å². The van der Waals surface area contributed by atoms with Crippen molar-refractivity contribution in [3.63, 3.8) is 0 Å². The van der Waals surface area contributed by atoms with E-state index in [-0.39, 0.29) is 5.91 Å². The second-order valence-electron chi connectivity index (χ2n) is 5.62. The fraction of sp³-hybridized carbons (Fsp3) is 0.167. The summed E-state index contributed by atoms with van der Waals surface area (Å²) in [6.45, 7) is 5.58. The van der Waals surface area contributed by atoms with Gasteiger partial charge < -0.3 is 4.42 Å². The minimum Gasteiger partial charge on any atom is -0.462 e. The number of amidine groups is 1. The molecule has 1 amide bonds. The molecule has 7 heteroatoms. The van der Waals surface area contributed by atoms with Crippen LogP contribution in [-0.2, 0) is 4.79 Å². The molecule has 1 aromatic heterocycles. The topological polar surface area (TPSA) is 70.2 Å². The van der Waals surface area contributed by atoms with Crippen LogP contribution in [0.2, 0.25) is 0 Å². The van der Waals surface area contributed by atoms with Gasteiger partial charge in [0.05, 0.1) is 5.36 Å². The second-order valence-corrected chi connectivity index (χ2v) is 6.63. The largest absolute Gasteiger partial charge is 0.462 e. The van der Waals surface area contributed by atoms with Crippen LogP contribution in [0.3, 0.4) is 0 Å². The van der Waals surface area contributed by atoms with Crippen LogP contribution in [0.25, 0.3) is 5.70 Å². The van der Waals surface area contributed by atoms with Crippen molar-refractivity contribution in [2.24, 2.45) is 10.1 Å². The van der Waals surface area contributed by atoms with E-state index in [0.29, 0.717) is 22.4 Å². The number of para-hydroxylation sites is 1. The van der Waals surface area contributed by atoms with Crippen LogP contribution in [0.4, 0.5) is 0 Å². The number of carbonyl (C=O) groups excluding carboxylic acids is 1. The first-order valence-electron chi connectivity index (χ1n) is 7.84. The smallest absolute Gasteiger partial charge is 0.276 e. The van der Waals surface area contributed by atoms with E-state index < -0.39 is 6.17 Å². The maximum atomic E-state index is 12.8. The van der Waals surface area contributed by atoms with Gasteiger partial charge in [-0.1, -0.05) is 36.0 Å². The lowest BCUT2D eigenvalue weighted by Crippen LogP contribution is -2.50. The van der Waals surface area contributed by atoms with E-state index in [9.17, 15) is 4.79 Å². The average Bonchev–Trinajstić information content (AvgIpc) is 3.05. The van der Waals surface area contributed by atoms with E-state index in [1.807, 2.05) is 43.3 Å². The number of benzene rings is 1. The number of fused-ring (bicyclic) bond motifs is 2. The summed E-state index contributed by atoms with van der Waals surface area (Å²) >= 11 is 1.41. The van der Waals surface area contributed by atoms with Gasteiger partial charge in [0.2, 0.25) is 6.17 Å². The predicted octanol–water partition coefficient (Wildman–Crippen LogP) is 1.65. The monoisotopic (exact) mass is 352 g/mol. The van der Waals surface area contributed by atoms with E-state index in [0.717, 1.165) is 16.3 Å². The van der Waals surface area contributed by atoms with Crippen molar-refractivity contribution in [3.05, 3.63) is 71.1 Å². The lowest BCUT2D eigenvalue weighted by molar-refractivity contribution is -0.116. The molecule has 0 aliphatic carbocycles. The van der Waals surface area contributed by atoms with E-state index in [4.69, 9.17) is 9.41 Å². The Balaban J connectivity index is 1.91. The number of furan rings is 1. The van der Waals surface area contributed by atoms with E-state index in [2.05, 4.69) is 17.0 Å². The number of carbonyl (C=O) groups is 1. The molecule has 3 heterocycles. The Morgan fingerprint density at radius 1 is 1.36 bits per heavy atom. The molecule has 0 unspecified atom stereocenters. The number of aryl methyl sites for hydroxylation is 1. The maximum Gasteiger partial charge on any atom is 0.276 e. The van der Waals surface area contributed by atoms with E-state index in [1.54, 1.807) is 11.1 Å². The van der Waals surface area contributed by atoms with Crippen molar-refractivity contribution in [2.45, 2.75) is 13.1 Å². The zero-order valence-corrected chi connectivity index (χ0v) is 14.4. The summed E-state index contributed by atoms with van der Waals surface area (Å²) in [7, 11) is 0. The van der Waals surface area contributed by atoms with Gasteiger partial charge in [-0.05, 0) is 25.1 Å². The molecule has 1 atom stereocenters. The molecule has 0 saturated carbocycles. The van der Waals surface area contributed by atoms with Crippen LogP contribution < -0.4 is 15.9 Å². The van der Waals surface area contributed by atoms with Crippen molar-refractivity contribution >= 4 is 28.5 Å². The van der Waals surface area contributed by atoms with Crippen LogP contribution in [0.5, 0.6) is 0 Å². The highest BCUT2D eigenvalue weighted by Gasteiger charge is 2.35. The third kappa shape index (κ3) is 2.76. The number of nitrogens with one attached hydrogen (secondary N) is 1. The maximum absolute atomic E-state index is 12.8. The van der Waals surface area contributed by atoms with Crippen LogP contribution >= 0.6 is 11.8 Å². The first kappa shape index (κ1) is 15.7. The highest BCUT2D eigenvalue weighted by molar-refractivity contribution is 8.14. The Labute approximate surface area is 148 Å². The van der Waals surface area contributed by atoms with Crippen molar-refractivity contribution in [2.75, 3.05) is 5.75 Å². The van der Waals surface area contributed by atoms with Gasteiger partial charge in [-0.3, -0.25) is 10.1 Å². The van der Waals surface area contributed by atoms with Gasteiger partial charge >= 0.3 is 0 Å². The van der Waals surface area contributed by atoms with E-state index >= 15 is 0 Å². The molecule has 0 bridgehead atoms. The summed E-state index contributed by atoms with van der Waals surface area (Å²) in [5.41, 5.74) is 0.479. The molecule has 1 aromatic carbocycles. The molecule has 4 rings (SSSR count). The molecule has 2 aromatic rings. The van der Waals surface area contributed by atoms with Gasteiger partial charge in [0, 0.05) is 11.0 Å². The molecule has 0 radical (unpaired) electrons. The molecule has 0 fully saturated rings. The summed E-state index contributed by atoms with van der Waals surface area (Å²) < 4.78 is 5.77. The predicted molar refractivity (Wildman–Crippen MR) is 96.9 cm³/mol. The summed E-state index contributed by atoms with van der Waals surface area (Å²) in [4.78, 5) is 17.5. The molecule has 126 valence electrons.